The van der Waals surface area contributed by atoms with E-state index >= 15 is 0 Å². The molecule has 0 saturated carbocycles. The summed E-state index contributed by atoms with van der Waals surface area (Å²) in [5.74, 6) is -0.112. The molecule has 0 aliphatic carbocycles. The molecule has 0 bridgehead atoms. The predicted octanol–water partition coefficient (Wildman–Crippen LogP) is 5.55. The fourth-order valence-corrected chi connectivity index (χ4v) is 4.87. The molecule has 1 saturated heterocycles. The normalized spacial score (nSPS) is 19.4. The molecular weight excluding hydrogens is 399 g/mol. The molecule has 172 valence electrons. The van der Waals surface area contributed by atoms with Crippen LogP contribution in [0.2, 0.25) is 0 Å². The van der Waals surface area contributed by atoms with Gasteiger partial charge in [0, 0.05) is 38.3 Å². The smallest absolute Gasteiger partial charge is 0.146 e. The third-order valence-electron chi connectivity index (χ3n) is 6.75. The highest BCUT2D eigenvalue weighted by molar-refractivity contribution is 5.86. The van der Waals surface area contributed by atoms with Crippen molar-refractivity contribution in [3.8, 4) is 0 Å². The van der Waals surface area contributed by atoms with E-state index in [4.69, 9.17) is 5.10 Å². The standard InChI is InChI=1S/C27H37FN4/c1-2-3-12-24-21-25(32(29-24)22-23-10-5-4-6-11-23)13-9-16-30-17-19-31(20-18-30)27-15-8-7-14-26(27)28/h4-8,10-11,14-15,25H,2-3,9,12-13,16-22H2,1H3. The van der Waals surface area contributed by atoms with Crippen molar-refractivity contribution in [2.24, 2.45) is 5.10 Å². The lowest BCUT2D eigenvalue weighted by Crippen LogP contribution is -2.47. The number of hydrazone groups is 1. The van der Waals surface area contributed by atoms with Crippen LogP contribution in [0.25, 0.3) is 0 Å². The molecule has 1 atom stereocenters. The van der Waals surface area contributed by atoms with Crippen LogP contribution in [0.1, 0.15) is 51.0 Å². The molecule has 0 amide bonds. The maximum atomic E-state index is 14.1. The number of anilines is 1. The molecule has 2 aliphatic heterocycles. The summed E-state index contributed by atoms with van der Waals surface area (Å²) in [6.45, 7) is 8.08. The Morgan fingerprint density at radius 2 is 1.69 bits per heavy atom. The minimum absolute atomic E-state index is 0.112. The van der Waals surface area contributed by atoms with Gasteiger partial charge in [-0.25, -0.2) is 4.39 Å². The van der Waals surface area contributed by atoms with Crippen LogP contribution in [0.5, 0.6) is 0 Å². The van der Waals surface area contributed by atoms with Crippen molar-refractivity contribution in [1.29, 1.82) is 0 Å². The van der Waals surface area contributed by atoms with E-state index < -0.39 is 0 Å². The van der Waals surface area contributed by atoms with Gasteiger partial charge in [0.05, 0.1) is 18.3 Å². The van der Waals surface area contributed by atoms with Gasteiger partial charge in [0.25, 0.3) is 0 Å². The molecule has 0 N–H and O–H groups in total. The van der Waals surface area contributed by atoms with Crippen LogP contribution in [0.15, 0.2) is 59.7 Å². The predicted molar refractivity (Wildman–Crippen MR) is 132 cm³/mol. The molecule has 2 aromatic rings. The Labute approximate surface area is 192 Å². The molecule has 5 heteroatoms. The first-order valence-corrected chi connectivity index (χ1v) is 12.3. The number of para-hydroxylation sites is 1. The Hall–Kier alpha value is -2.40. The number of rotatable bonds is 10. The number of hydrogen-bond donors (Lipinski definition) is 0. The Bertz CT molecular complexity index is 861. The average molecular weight is 437 g/mol. The second-order valence-electron chi connectivity index (χ2n) is 9.13. The van der Waals surface area contributed by atoms with Gasteiger partial charge in [-0.05, 0) is 49.9 Å². The first-order valence-electron chi connectivity index (χ1n) is 12.3. The quantitative estimate of drug-likeness (QED) is 0.488. The Morgan fingerprint density at radius 1 is 0.938 bits per heavy atom. The third-order valence-corrected chi connectivity index (χ3v) is 6.75. The van der Waals surface area contributed by atoms with Crippen LogP contribution in [-0.4, -0.2) is 54.4 Å². The molecule has 0 spiro atoms. The molecule has 2 heterocycles. The van der Waals surface area contributed by atoms with Crippen molar-refractivity contribution in [2.45, 2.75) is 58.0 Å². The first-order chi connectivity index (χ1) is 15.7. The van der Waals surface area contributed by atoms with Gasteiger partial charge < -0.3 is 4.90 Å². The summed E-state index contributed by atoms with van der Waals surface area (Å²) in [5, 5.41) is 7.36. The minimum atomic E-state index is -0.112. The first kappa shape index (κ1) is 22.8. The summed E-state index contributed by atoms with van der Waals surface area (Å²) in [4.78, 5) is 4.71. The maximum absolute atomic E-state index is 14.1. The molecule has 0 aromatic heterocycles. The monoisotopic (exact) mass is 436 g/mol. The molecular formula is C27H37FN4. The van der Waals surface area contributed by atoms with E-state index in [1.807, 2.05) is 12.1 Å². The highest BCUT2D eigenvalue weighted by Gasteiger charge is 2.26. The lowest BCUT2D eigenvalue weighted by atomic mass is 10.0. The molecule has 4 nitrogen and oxygen atoms in total. The Balaban J connectivity index is 1.25. The topological polar surface area (TPSA) is 22.1 Å². The lowest BCUT2D eigenvalue weighted by Gasteiger charge is -2.36. The zero-order valence-corrected chi connectivity index (χ0v) is 19.4. The summed E-state index contributed by atoms with van der Waals surface area (Å²) in [6, 6.07) is 18.4. The summed E-state index contributed by atoms with van der Waals surface area (Å²) < 4.78 is 14.1. The number of nitrogens with zero attached hydrogens (tertiary/aromatic N) is 4. The van der Waals surface area contributed by atoms with Crippen LogP contribution in [0.3, 0.4) is 0 Å². The number of benzene rings is 2. The van der Waals surface area contributed by atoms with Gasteiger partial charge in [-0.3, -0.25) is 9.91 Å². The number of hydrogen-bond acceptors (Lipinski definition) is 4. The van der Waals surface area contributed by atoms with Gasteiger partial charge >= 0.3 is 0 Å². The van der Waals surface area contributed by atoms with E-state index in [1.165, 1.54) is 37.0 Å². The van der Waals surface area contributed by atoms with Crippen molar-refractivity contribution in [2.75, 3.05) is 37.6 Å². The molecule has 32 heavy (non-hydrogen) atoms. The molecule has 2 aliphatic rings. The zero-order chi connectivity index (χ0) is 22.2. The highest BCUT2D eigenvalue weighted by Crippen LogP contribution is 2.25. The highest BCUT2D eigenvalue weighted by atomic mass is 19.1. The van der Waals surface area contributed by atoms with E-state index in [0.29, 0.717) is 6.04 Å². The Morgan fingerprint density at radius 3 is 2.44 bits per heavy atom. The minimum Gasteiger partial charge on any atom is -0.367 e. The van der Waals surface area contributed by atoms with E-state index in [-0.39, 0.29) is 5.82 Å². The summed E-state index contributed by atoms with van der Waals surface area (Å²) >= 11 is 0. The van der Waals surface area contributed by atoms with Crippen LogP contribution in [0, 0.1) is 5.82 Å². The number of halogens is 1. The summed E-state index contributed by atoms with van der Waals surface area (Å²) in [7, 11) is 0. The number of piperazine rings is 1. The van der Waals surface area contributed by atoms with Crippen LogP contribution >= 0.6 is 0 Å². The maximum Gasteiger partial charge on any atom is 0.146 e. The lowest BCUT2D eigenvalue weighted by molar-refractivity contribution is 0.193. The van der Waals surface area contributed by atoms with Crippen LogP contribution < -0.4 is 4.90 Å². The summed E-state index contributed by atoms with van der Waals surface area (Å²) in [5.41, 5.74) is 3.46. The van der Waals surface area contributed by atoms with Gasteiger partial charge in [0.15, 0.2) is 0 Å². The Kier molecular flexibility index (Phi) is 8.16. The van der Waals surface area contributed by atoms with Gasteiger partial charge in [0.1, 0.15) is 5.82 Å². The zero-order valence-electron chi connectivity index (χ0n) is 19.4. The van der Waals surface area contributed by atoms with Crippen molar-refractivity contribution in [3.05, 3.63) is 66.0 Å². The molecule has 4 rings (SSSR count). The molecule has 1 fully saturated rings. The average Bonchev–Trinajstić information content (AvgIpc) is 3.20. The second kappa shape index (κ2) is 11.5. The fraction of sp³-hybridized carbons (Fsp3) is 0.519. The van der Waals surface area contributed by atoms with Crippen molar-refractivity contribution in [3.63, 3.8) is 0 Å². The SMILES string of the molecule is CCCCC1=NN(Cc2ccccc2)C(CCCN2CCN(c3ccccc3F)CC2)C1. The molecule has 0 radical (unpaired) electrons. The van der Waals surface area contributed by atoms with Gasteiger partial charge in [-0.2, -0.15) is 5.10 Å². The molecule has 1 unspecified atom stereocenters. The van der Waals surface area contributed by atoms with E-state index in [9.17, 15) is 4.39 Å². The van der Waals surface area contributed by atoms with E-state index in [0.717, 1.165) is 57.8 Å². The van der Waals surface area contributed by atoms with Crippen molar-refractivity contribution in [1.82, 2.24) is 9.91 Å². The molecule has 2 aromatic carbocycles. The van der Waals surface area contributed by atoms with Crippen LogP contribution in [-0.2, 0) is 6.54 Å². The van der Waals surface area contributed by atoms with Crippen molar-refractivity contribution < 1.29 is 4.39 Å². The third kappa shape index (κ3) is 6.10. The second-order valence-corrected chi connectivity index (χ2v) is 9.13. The summed E-state index contributed by atoms with van der Waals surface area (Å²) in [6.07, 6.45) is 7.08. The largest absolute Gasteiger partial charge is 0.367 e. The van der Waals surface area contributed by atoms with Gasteiger partial charge in [-0.1, -0.05) is 55.8 Å². The van der Waals surface area contributed by atoms with E-state index in [1.54, 1.807) is 12.1 Å². The van der Waals surface area contributed by atoms with Gasteiger partial charge in [-0.15, -0.1) is 0 Å². The van der Waals surface area contributed by atoms with Crippen molar-refractivity contribution >= 4 is 11.4 Å². The van der Waals surface area contributed by atoms with Crippen LogP contribution in [0.4, 0.5) is 10.1 Å². The van der Waals surface area contributed by atoms with E-state index in [2.05, 4.69) is 52.1 Å². The fourth-order valence-electron chi connectivity index (χ4n) is 4.87. The number of unbranched alkanes of at least 4 members (excludes halogenated alkanes) is 1. The van der Waals surface area contributed by atoms with Gasteiger partial charge in [0.2, 0.25) is 0 Å².